The Morgan fingerprint density at radius 3 is 2.07 bits per heavy atom. The summed E-state index contributed by atoms with van der Waals surface area (Å²) in [6, 6.07) is 0.558. The molecule has 3 unspecified atom stereocenters. The molecule has 15 heavy (non-hydrogen) atoms. The van der Waals surface area contributed by atoms with E-state index in [0.717, 1.165) is 6.42 Å². The highest BCUT2D eigenvalue weighted by Gasteiger charge is 2.31. The van der Waals surface area contributed by atoms with E-state index in [1.807, 2.05) is 6.92 Å². The molecule has 0 spiro atoms. The van der Waals surface area contributed by atoms with Crippen molar-refractivity contribution < 1.29 is 5.11 Å². The summed E-state index contributed by atoms with van der Waals surface area (Å²) in [5.74, 6) is 1.43. The number of nitrogens with zero attached hydrogens (tertiary/aromatic N) is 1. The summed E-state index contributed by atoms with van der Waals surface area (Å²) in [6.07, 6.45) is 5.91. The largest absolute Gasteiger partial charge is 0.378 e. The zero-order chi connectivity index (χ0) is 11.4. The van der Waals surface area contributed by atoms with Crippen LogP contribution in [0.3, 0.4) is 0 Å². The maximum absolute atomic E-state index is 9.93. The second-order valence-electron chi connectivity index (χ2n) is 5.28. The van der Waals surface area contributed by atoms with Crippen LogP contribution < -0.4 is 0 Å². The molecule has 0 aliphatic heterocycles. The molecule has 3 atom stereocenters. The fourth-order valence-electron chi connectivity index (χ4n) is 3.12. The van der Waals surface area contributed by atoms with Gasteiger partial charge in [0.1, 0.15) is 6.23 Å². The van der Waals surface area contributed by atoms with Gasteiger partial charge in [0.2, 0.25) is 0 Å². The SMILES string of the molecule is CCC(O)N(C)C1C(C)CCCCC1C. The van der Waals surface area contributed by atoms with Gasteiger partial charge in [-0.05, 0) is 38.1 Å². The number of rotatable bonds is 3. The molecule has 1 fully saturated rings. The Kier molecular flexibility index (Phi) is 5.07. The van der Waals surface area contributed by atoms with Gasteiger partial charge >= 0.3 is 0 Å². The topological polar surface area (TPSA) is 23.5 Å². The molecule has 0 heterocycles. The Morgan fingerprint density at radius 1 is 1.20 bits per heavy atom. The number of hydrogen-bond donors (Lipinski definition) is 1. The van der Waals surface area contributed by atoms with Crippen LogP contribution in [0.1, 0.15) is 52.9 Å². The standard InChI is InChI=1S/C13H27NO/c1-5-12(15)14(4)13-10(2)8-6-7-9-11(13)3/h10-13,15H,5-9H2,1-4H3. The zero-order valence-corrected chi connectivity index (χ0v) is 10.7. The Labute approximate surface area is 94.7 Å². The average Bonchev–Trinajstić information content (AvgIpc) is 2.38. The van der Waals surface area contributed by atoms with E-state index in [4.69, 9.17) is 0 Å². The highest BCUT2D eigenvalue weighted by Crippen LogP contribution is 2.31. The third-order valence-electron chi connectivity index (χ3n) is 4.04. The molecule has 90 valence electrons. The van der Waals surface area contributed by atoms with Gasteiger partial charge < -0.3 is 5.11 Å². The maximum Gasteiger partial charge on any atom is 0.107 e. The van der Waals surface area contributed by atoms with Gasteiger partial charge in [0.15, 0.2) is 0 Å². The Hall–Kier alpha value is -0.0800. The molecule has 1 saturated carbocycles. The highest BCUT2D eigenvalue weighted by molar-refractivity contribution is 4.83. The molecule has 1 N–H and O–H groups in total. The molecule has 0 bridgehead atoms. The lowest BCUT2D eigenvalue weighted by Gasteiger charge is -2.38. The summed E-state index contributed by atoms with van der Waals surface area (Å²) in [7, 11) is 2.08. The minimum atomic E-state index is -0.266. The summed E-state index contributed by atoms with van der Waals surface area (Å²) in [4.78, 5) is 2.20. The zero-order valence-electron chi connectivity index (χ0n) is 10.7. The molecule has 0 radical (unpaired) electrons. The van der Waals surface area contributed by atoms with Gasteiger partial charge in [-0.1, -0.05) is 33.6 Å². The predicted octanol–water partition coefficient (Wildman–Crippen LogP) is 2.86. The monoisotopic (exact) mass is 213 g/mol. The van der Waals surface area contributed by atoms with Gasteiger partial charge in [-0.3, -0.25) is 4.90 Å². The van der Waals surface area contributed by atoms with Crippen molar-refractivity contribution in [2.24, 2.45) is 11.8 Å². The lowest BCUT2D eigenvalue weighted by molar-refractivity contribution is -0.0377. The molecule has 0 aromatic carbocycles. The van der Waals surface area contributed by atoms with Crippen molar-refractivity contribution >= 4 is 0 Å². The lowest BCUT2D eigenvalue weighted by atomic mass is 9.88. The molecular formula is C13H27NO. The Balaban J connectivity index is 2.68. The van der Waals surface area contributed by atoms with Crippen LogP contribution in [0.4, 0.5) is 0 Å². The lowest BCUT2D eigenvalue weighted by Crippen LogP contribution is -2.46. The van der Waals surface area contributed by atoms with Crippen molar-refractivity contribution in [2.75, 3.05) is 7.05 Å². The minimum Gasteiger partial charge on any atom is -0.378 e. The van der Waals surface area contributed by atoms with E-state index in [1.165, 1.54) is 25.7 Å². The molecule has 2 nitrogen and oxygen atoms in total. The summed E-state index contributed by atoms with van der Waals surface area (Å²) in [6.45, 7) is 6.73. The first kappa shape index (κ1) is 13.0. The van der Waals surface area contributed by atoms with Gasteiger partial charge in [-0.25, -0.2) is 0 Å². The summed E-state index contributed by atoms with van der Waals surface area (Å²) >= 11 is 0. The van der Waals surface area contributed by atoms with E-state index < -0.39 is 0 Å². The van der Waals surface area contributed by atoms with Crippen LogP contribution in [0.2, 0.25) is 0 Å². The van der Waals surface area contributed by atoms with Crippen LogP contribution in [-0.4, -0.2) is 29.3 Å². The first-order valence-electron chi connectivity index (χ1n) is 6.48. The first-order valence-corrected chi connectivity index (χ1v) is 6.48. The Morgan fingerprint density at radius 2 is 1.67 bits per heavy atom. The maximum atomic E-state index is 9.93. The van der Waals surface area contributed by atoms with Crippen molar-refractivity contribution in [3.05, 3.63) is 0 Å². The van der Waals surface area contributed by atoms with E-state index in [1.54, 1.807) is 0 Å². The molecule has 1 aliphatic rings. The third-order valence-corrected chi connectivity index (χ3v) is 4.04. The minimum absolute atomic E-state index is 0.266. The fraction of sp³-hybridized carbons (Fsp3) is 1.00. The van der Waals surface area contributed by atoms with Crippen molar-refractivity contribution in [3.8, 4) is 0 Å². The molecule has 0 amide bonds. The van der Waals surface area contributed by atoms with E-state index in [9.17, 15) is 5.11 Å². The van der Waals surface area contributed by atoms with Crippen LogP contribution in [-0.2, 0) is 0 Å². The number of aliphatic hydroxyl groups is 1. The van der Waals surface area contributed by atoms with Gasteiger partial charge in [0.05, 0.1) is 0 Å². The Bertz CT molecular complexity index is 171. The van der Waals surface area contributed by atoms with Gasteiger partial charge in [-0.2, -0.15) is 0 Å². The van der Waals surface area contributed by atoms with E-state index in [0.29, 0.717) is 17.9 Å². The summed E-state index contributed by atoms with van der Waals surface area (Å²) < 4.78 is 0. The second kappa shape index (κ2) is 5.86. The molecule has 1 aliphatic carbocycles. The van der Waals surface area contributed by atoms with E-state index >= 15 is 0 Å². The fourth-order valence-corrected chi connectivity index (χ4v) is 3.12. The van der Waals surface area contributed by atoms with Gasteiger partial charge in [0.25, 0.3) is 0 Å². The summed E-state index contributed by atoms with van der Waals surface area (Å²) in [5, 5.41) is 9.93. The quantitative estimate of drug-likeness (QED) is 0.575. The first-order chi connectivity index (χ1) is 7.07. The molecule has 2 heteroatoms. The van der Waals surface area contributed by atoms with Crippen molar-refractivity contribution in [2.45, 2.75) is 65.1 Å². The number of aliphatic hydroxyl groups excluding tert-OH is 1. The van der Waals surface area contributed by atoms with Crippen LogP contribution in [0.25, 0.3) is 0 Å². The predicted molar refractivity (Wildman–Crippen MR) is 64.6 cm³/mol. The van der Waals surface area contributed by atoms with Gasteiger partial charge in [-0.15, -0.1) is 0 Å². The highest BCUT2D eigenvalue weighted by atomic mass is 16.3. The van der Waals surface area contributed by atoms with Crippen molar-refractivity contribution in [3.63, 3.8) is 0 Å². The van der Waals surface area contributed by atoms with Crippen LogP contribution >= 0.6 is 0 Å². The van der Waals surface area contributed by atoms with Crippen LogP contribution in [0.15, 0.2) is 0 Å². The molecule has 1 rings (SSSR count). The molecular weight excluding hydrogens is 186 g/mol. The molecule has 0 aromatic rings. The van der Waals surface area contributed by atoms with Crippen LogP contribution in [0, 0.1) is 11.8 Å². The van der Waals surface area contributed by atoms with Crippen molar-refractivity contribution in [1.82, 2.24) is 4.90 Å². The normalized spacial score (nSPS) is 35.2. The van der Waals surface area contributed by atoms with E-state index in [-0.39, 0.29) is 6.23 Å². The van der Waals surface area contributed by atoms with Crippen LogP contribution in [0.5, 0.6) is 0 Å². The molecule has 0 aromatic heterocycles. The molecule has 0 saturated heterocycles. The smallest absolute Gasteiger partial charge is 0.107 e. The van der Waals surface area contributed by atoms with Crippen molar-refractivity contribution in [1.29, 1.82) is 0 Å². The average molecular weight is 213 g/mol. The van der Waals surface area contributed by atoms with Gasteiger partial charge in [0, 0.05) is 6.04 Å². The third kappa shape index (κ3) is 3.18. The number of hydrogen-bond acceptors (Lipinski definition) is 2. The van der Waals surface area contributed by atoms with E-state index in [2.05, 4.69) is 25.8 Å². The summed E-state index contributed by atoms with van der Waals surface area (Å²) in [5.41, 5.74) is 0. The second-order valence-corrected chi connectivity index (χ2v) is 5.28.